The number of rotatable bonds is 25. The molecule has 0 rings (SSSR count). The Balaban J connectivity index is 3.25. The molecular formula is C28H50O4. The molecule has 0 bridgehead atoms. The zero-order valence-corrected chi connectivity index (χ0v) is 20.9. The molecule has 0 aliphatic carbocycles. The molecule has 0 aromatic rings. The largest absolute Gasteiger partial charge is 0.468 e. The van der Waals surface area contributed by atoms with Crippen LogP contribution in [0.3, 0.4) is 0 Å². The van der Waals surface area contributed by atoms with E-state index < -0.39 is 0 Å². The number of unbranched alkanes of at least 4 members (excludes halogenated alkanes) is 14. The van der Waals surface area contributed by atoms with Gasteiger partial charge in [-0.2, -0.15) is 0 Å². The summed E-state index contributed by atoms with van der Waals surface area (Å²) in [6.07, 6.45) is 30.6. The summed E-state index contributed by atoms with van der Waals surface area (Å²) in [5.74, 6) is -0.0362. The first kappa shape index (κ1) is 30.4. The molecule has 0 aliphatic heterocycles. The van der Waals surface area contributed by atoms with Gasteiger partial charge in [0.15, 0.2) is 0 Å². The van der Waals surface area contributed by atoms with E-state index in [1.165, 1.54) is 70.6 Å². The Kier molecular flexibility index (Phi) is 26.1. The van der Waals surface area contributed by atoms with Crippen molar-refractivity contribution >= 4 is 12.4 Å². The van der Waals surface area contributed by atoms with Gasteiger partial charge in [0.05, 0.1) is 13.2 Å². The van der Waals surface area contributed by atoms with Crippen molar-refractivity contribution in [1.82, 2.24) is 0 Å². The van der Waals surface area contributed by atoms with Gasteiger partial charge in [-0.1, -0.05) is 95.4 Å². The summed E-state index contributed by atoms with van der Waals surface area (Å²) in [6, 6.07) is 0. The van der Waals surface area contributed by atoms with Crippen LogP contribution in [-0.2, 0) is 19.1 Å². The molecule has 0 heterocycles. The van der Waals surface area contributed by atoms with Gasteiger partial charge in [-0.25, -0.2) is 0 Å². The number of ether oxygens (including phenoxy) is 2. The average Bonchev–Trinajstić information content (AvgIpc) is 2.80. The van der Waals surface area contributed by atoms with Crippen LogP contribution in [0.5, 0.6) is 0 Å². The fourth-order valence-corrected chi connectivity index (χ4v) is 3.56. The van der Waals surface area contributed by atoms with E-state index in [4.69, 9.17) is 4.74 Å². The summed E-state index contributed by atoms with van der Waals surface area (Å²) in [4.78, 5) is 21.8. The molecule has 0 atom stereocenters. The predicted molar refractivity (Wildman–Crippen MR) is 135 cm³/mol. The molecule has 0 aromatic heterocycles. The maximum atomic E-state index is 11.8. The first-order valence-electron chi connectivity index (χ1n) is 13.3. The van der Waals surface area contributed by atoms with E-state index in [1.807, 2.05) is 0 Å². The Morgan fingerprint density at radius 3 is 1.78 bits per heavy atom. The third kappa shape index (κ3) is 26.5. The van der Waals surface area contributed by atoms with Gasteiger partial charge in [-0.15, -0.1) is 0 Å². The predicted octanol–water partition coefficient (Wildman–Crippen LogP) is 8.25. The summed E-state index contributed by atoms with van der Waals surface area (Å²) in [7, 11) is 0. The van der Waals surface area contributed by atoms with Crippen LogP contribution < -0.4 is 0 Å². The lowest BCUT2D eigenvalue weighted by Gasteiger charge is -2.05. The maximum absolute atomic E-state index is 11.8. The van der Waals surface area contributed by atoms with Crippen molar-refractivity contribution in [2.75, 3.05) is 13.2 Å². The average molecular weight is 451 g/mol. The van der Waals surface area contributed by atoms with Crippen LogP contribution in [0.25, 0.3) is 0 Å². The van der Waals surface area contributed by atoms with Gasteiger partial charge in [0.1, 0.15) is 0 Å². The Bertz CT molecular complexity index is 456. The molecule has 0 fully saturated rings. The lowest BCUT2D eigenvalue weighted by molar-refractivity contribution is -0.143. The van der Waals surface area contributed by atoms with Crippen molar-refractivity contribution < 1.29 is 19.1 Å². The van der Waals surface area contributed by atoms with Gasteiger partial charge in [0.25, 0.3) is 6.47 Å². The number of hydrogen-bond donors (Lipinski definition) is 0. The topological polar surface area (TPSA) is 52.6 Å². The van der Waals surface area contributed by atoms with Crippen LogP contribution in [0.15, 0.2) is 24.3 Å². The van der Waals surface area contributed by atoms with Gasteiger partial charge < -0.3 is 9.47 Å². The zero-order chi connectivity index (χ0) is 23.4. The van der Waals surface area contributed by atoms with Crippen molar-refractivity contribution in [1.29, 1.82) is 0 Å². The minimum atomic E-state index is -0.0362. The third-order valence-corrected chi connectivity index (χ3v) is 5.57. The van der Waals surface area contributed by atoms with E-state index in [0.717, 1.165) is 44.9 Å². The van der Waals surface area contributed by atoms with Crippen LogP contribution in [-0.4, -0.2) is 25.7 Å². The summed E-state index contributed by atoms with van der Waals surface area (Å²) in [6.45, 7) is 3.85. The van der Waals surface area contributed by atoms with Crippen molar-refractivity contribution in [2.24, 2.45) is 0 Å². The first-order chi connectivity index (χ1) is 15.8. The van der Waals surface area contributed by atoms with Crippen molar-refractivity contribution in [3.63, 3.8) is 0 Å². The molecule has 0 saturated carbocycles. The summed E-state index contributed by atoms with van der Waals surface area (Å²) in [5, 5.41) is 0. The second kappa shape index (κ2) is 27.5. The molecule has 4 heteroatoms. The second-order valence-corrected chi connectivity index (χ2v) is 8.64. The molecule has 4 nitrogen and oxygen atoms in total. The first-order valence-corrected chi connectivity index (χ1v) is 13.3. The maximum Gasteiger partial charge on any atom is 0.305 e. The molecule has 0 aliphatic rings. The Morgan fingerprint density at radius 2 is 1.16 bits per heavy atom. The number of carbonyl (C=O) groups is 2. The van der Waals surface area contributed by atoms with Gasteiger partial charge in [0.2, 0.25) is 0 Å². The van der Waals surface area contributed by atoms with Crippen LogP contribution in [0.2, 0.25) is 0 Å². The normalized spacial score (nSPS) is 11.4. The molecule has 0 spiro atoms. The SMILES string of the molecule is CCCCCC=CCC=CCCCCCCCC(=O)OCCCCCCCCCOC=O. The Morgan fingerprint density at radius 1 is 0.625 bits per heavy atom. The summed E-state index contributed by atoms with van der Waals surface area (Å²) < 4.78 is 9.99. The molecule has 0 radical (unpaired) electrons. The number of carbonyl (C=O) groups excluding carboxylic acids is 2. The van der Waals surface area contributed by atoms with Crippen molar-refractivity contribution in [3.8, 4) is 0 Å². The third-order valence-electron chi connectivity index (χ3n) is 5.57. The van der Waals surface area contributed by atoms with Crippen LogP contribution in [0.4, 0.5) is 0 Å². The Labute approximate surface area is 198 Å². The second-order valence-electron chi connectivity index (χ2n) is 8.64. The summed E-state index contributed by atoms with van der Waals surface area (Å²) >= 11 is 0. The molecule has 0 saturated heterocycles. The van der Waals surface area contributed by atoms with Crippen molar-refractivity contribution in [2.45, 2.75) is 129 Å². The van der Waals surface area contributed by atoms with E-state index in [0.29, 0.717) is 26.1 Å². The molecule has 186 valence electrons. The van der Waals surface area contributed by atoms with E-state index in [1.54, 1.807) is 0 Å². The van der Waals surface area contributed by atoms with Gasteiger partial charge in [0, 0.05) is 6.42 Å². The van der Waals surface area contributed by atoms with E-state index >= 15 is 0 Å². The minimum absolute atomic E-state index is 0.0362. The minimum Gasteiger partial charge on any atom is -0.468 e. The summed E-state index contributed by atoms with van der Waals surface area (Å²) in [5.41, 5.74) is 0. The number of esters is 1. The Hall–Kier alpha value is -1.58. The van der Waals surface area contributed by atoms with Gasteiger partial charge in [-0.05, 0) is 51.4 Å². The molecule has 32 heavy (non-hydrogen) atoms. The molecule has 0 unspecified atom stereocenters. The van der Waals surface area contributed by atoms with Crippen LogP contribution in [0, 0.1) is 0 Å². The van der Waals surface area contributed by atoms with E-state index in [2.05, 4.69) is 36.0 Å². The smallest absolute Gasteiger partial charge is 0.305 e. The monoisotopic (exact) mass is 450 g/mol. The highest BCUT2D eigenvalue weighted by molar-refractivity contribution is 5.69. The quantitative estimate of drug-likeness (QED) is 0.0608. The molecule has 0 amide bonds. The van der Waals surface area contributed by atoms with E-state index in [9.17, 15) is 9.59 Å². The molecule has 0 N–H and O–H groups in total. The van der Waals surface area contributed by atoms with E-state index in [-0.39, 0.29) is 5.97 Å². The number of hydrogen-bond acceptors (Lipinski definition) is 4. The van der Waals surface area contributed by atoms with Gasteiger partial charge >= 0.3 is 5.97 Å². The lowest BCUT2D eigenvalue weighted by atomic mass is 10.1. The van der Waals surface area contributed by atoms with Crippen LogP contribution in [0.1, 0.15) is 129 Å². The van der Waals surface area contributed by atoms with Crippen LogP contribution >= 0.6 is 0 Å². The van der Waals surface area contributed by atoms with Crippen molar-refractivity contribution in [3.05, 3.63) is 24.3 Å². The highest BCUT2D eigenvalue weighted by atomic mass is 16.5. The highest BCUT2D eigenvalue weighted by Gasteiger charge is 2.02. The number of allylic oxidation sites excluding steroid dienone is 4. The standard InChI is InChI=1S/C28H50O4/c1-2-3-4-5-6-7-8-9-10-11-12-13-15-18-21-24-28(30)32-26-23-20-17-14-16-19-22-25-31-27-29/h6-7,9-10,27H,2-5,8,11-26H2,1H3. The fourth-order valence-electron chi connectivity index (χ4n) is 3.56. The van der Waals surface area contributed by atoms with Gasteiger partial charge in [-0.3, -0.25) is 9.59 Å². The zero-order valence-electron chi connectivity index (χ0n) is 20.9. The molecule has 0 aromatic carbocycles. The lowest BCUT2D eigenvalue weighted by Crippen LogP contribution is -2.05. The highest BCUT2D eigenvalue weighted by Crippen LogP contribution is 2.10. The molecular weight excluding hydrogens is 400 g/mol. The fraction of sp³-hybridized carbons (Fsp3) is 0.786.